The average molecular weight is 401 g/mol. The summed E-state index contributed by atoms with van der Waals surface area (Å²) in [5, 5.41) is 6.11. The molecule has 3 rings (SSSR count). The molecule has 0 radical (unpaired) electrons. The van der Waals surface area contributed by atoms with Crippen LogP contribution in [0.3, 0.4) is 0 Å². The fraction of sp³-hybridized carbons (Fsp3) is 0.286. The second kappa shape index (κ2) is 8.89. The lowest BCUT2D eigenvalue weighted by Crippen LogP contribution is -2.30. The molecule has 2 amide bonds. The van der Waals surface area contributed by atoms with Gasteiger partial charge in [0.15, 0.2) is 0 Å². The van der Waals surface area contributed by atoms with Crippen molar-refractivity contribution in [1.82, 2.24) is 5.32 Å². The lowest BCUT2D eigenvalue weighted by molar-refractivity contribution is -0.141. The Morgan fingerprint density at radius 1 is 1.11 bits per heavy atom. The fourth-order valence-corrected chi connectivity index (χ4v) is 3.05. The molecule has 6 nitrogen and oxygen atoms in total. The number of anilines is 1. The van der Waals surface area contributed by atoms with Crippen LogP contribution < -0.4 is 10.6 Å². The Kier molecular flexibility index (Phi) is 6.31. The first-order valence-electron chi connectivity index (χ1n) is 9.01. The number of carbonyl (C=O) groups is 3. The molecule has 0 bridgehead atoms. The Morgan fingerprint density at radius 2 is 1.79 bits per heavy atom. The van der Waals surface area contributed by atoms with E-state index in [2.05, 4.69) is 10.6 Å². The second-order valence-electron chi connectivity index (χ2n) is 6.67. The summed E-state index contributed by atoms with van der Waals surface area (Å²) < 4.78 is 4.73. The number of hydrogen-bond donors (Lipinski definition) is 2. The molecule has 2 aromatic carbocycles. The number of rotatable bonds is 7. The topological polar surface area (TPSA) is 84.5 Å². The van der Waals surface area contributed by atoms with Crippen LogP contribution in [0.1, 0.15) is 41.2 Å². The number of esters is 1. The monoisotopic (exact) mass is 400 g/mol. The summed E-state index contributed by atoms with van der Waals surface area (Å²) in [4.78, 5) is 36.3. The van der Waals surface area contributed by atoms with E-state index in [1.807, 2.05) is 0 Å². The number of halogens is 1. The van der Waals surface area contributed by atoms with Gasteiger partial charge in [-0.25, -0.2) is 0 Å². The maximum absolute atomic E-state index is 12.7. The number of benzene rings is 2. The molecule has 0 aliphatic heterocycles. The first kappa shape index (κ1) is 19.9. The summed E-state index contributed by atoms with van der Waals surface area (Å²) in [7, 11) is 1.29. The Bertz CT molecular complexity index is 878. The van der Waals surface area contributed by atoms with E-state index >= 15 is 0 Å². The van der Waals surface area contributed by atoms with Gasteiger partial charge in [-0.2, -0.15) is 0 Å². The van der Waals surface area contributed by atoms with Gasteiger partial charge in [0.25, 0.3) is 5.91 Å². The zero-order chi connectivity index (χ0) is 20.1. The van der Waals surface area contributed by atoms with Gasteiger partial charge >= 0.3 is 5.97 Å². The van der Waals surface area contributed by atoms with Gasteiger partial charge in [0.05, 0.1) is 19.6 Å². The Morgan fingerprint density at radius 3 is 2.39 bits per heavy atom. The lowest BCUT2D eigenvalue weighted by atomic mass is 10.0. The number of methoxy groups -OCH3 is 1. The number of hydrogen-bond acceptors (Lipinski definition) is 4. The normalized spacial score (nSPS) is 14.1. The van der Waals surface area contributed by atoms with Gasteiger partial charge in [-0.3, -0.25) is 14.4 Å². The molecular formula is C21H21ClN2O4. The molecule has 7 heteroatoms. The largest absolute Gasteiger partial charge is 0.469 e. The Hall–Kier alpha value is -2.86. The maximum atomic E-state index is 12.7. The number of ether oxygens (including phenoxy) is 1. The number of carbonyl (C=O) groups excluding carboxylic acids is 3. The van der Waals surface area contributed by atoms with Gasteiger partial charge in [0.2, 0.25) is 5.91 Å². The van der Waals surface area contributed by atoms with Crippen molar-refractivity contribution in [3.63, 3.8) is 0 Å². The quantitative estimate of drug-likeness (QED) is 0.693. The summed E-state index contributed by atoms with van der Waals surface area (Å²) in [5.74, 6) is -0.691. The molecule has 28 heavy (non-hydrogen) atoms. The van der Waals surface area contributed by atoms with Crippen LogP contribution in [0.25, 0.3) is 0 Å². The summed E-state index contributed by atoms with van der Waals surface area (Å²) in [6, 6.07) is 13.0. The molecule has 146 valence electrons. The van der Waals surface area contributed by atoms with Gasteiger partial charge in [-0.15, -0.1) is 0 Å². The second-order valence-corrected chi connectivity index (χ2v) is 7.08. The van der Waals surface area contributed by atoms with Crippen LogP contribution in [0.5, 0.6) is 0 Å². The molecule has 1 aliphatic rings. The molecule has 0 heterocycles. The minimum atomic E-state index is -0.622. The first-order valence-corrected chi connectivity index (χ1v) is 9.38. The molecule has 1 saturated carbocycles. The van der Waals surface area contributed by atoms with Crippen molar-refractivity contribution in [3.8, 4) is 0 Å². The lowest BCUT2D eigenvalue weighted by Gasteiger charge is -2.19. The summed E-state index contributed by atoms with van der Waals surface area (Å²) in [6.07, 6.45) is 1.81. The van der Waals surface area contributed by atoms with Crippen molar-refractivity contribution >= 4 is 35.1 Å². The molecule has 1 unspecified atom stereocenters. The van der Waals surface area contributed by atoms with Gasteiger partial charge in [-0.1, -0.05) is 29.8 Å². The standard InChI is InChI=1S/C21H21ClN2O4/c1-28-19(25)12-18(16-4-2-3-5-17(16)22)24-21(27)14-8-10-15(11-9-14)23-20(26)13-6-7-13/h2-5,8-11,13,18H,6-7,12H2,1H3,(H,23,26)(H,24,27). The molecule has 0 spiro atoms. The van der Waals surface area contributed by atoms with E-state index in [0.717, 1.165) is 12.8 Å². The SMILES string of the molecule is COC(=O)CC(NC(=O)c1ccc(NC(=O)C2CC2)cc1)c1ccccc1Cl. The predicted molar refractivity (Wildman–Crippen MR) is 106 cm³/mol. The van der Waals surface area contributed by atoms with Gasteiger partial charge in [-0.05, 0) is 48.7 Å². The van der Waals surface area contributed by atoms with Crippen LogP contribution in [0.4, 0.5) is 5.69 Å². The van der Waals surface area contributed by atoms with Crippen molar-refractivity contribution in [3.05, 3.63) is 64.7 Å². The van der Waals surface area contributed by atoms with Gasteiger partial charge in [0, 0.05) is 22.2 Å². The Balaban J connectivity index is 1.71. The van der Waals surface area contributed by atoms with E-state index in [1.165, 1.54) is 7.11 Å². The molecule has 2 N–H and O–H groups in total. The van der Waals surface area contributed by atoms with Crippen molar-refractivity contribution < 1.29 is 19.1 Å². The third kappa shape index (κ3) is 5.10. The highest BCUT2D eigenvalue weighted by Gasteiger charge is 2.29. The van der Waals surface area contributed by atoms with E-state index in [9.17, 15) is 14.4 Å². The smallest absolute Gasteiger partial charge is 0.307 e. The van der Waals surface area contributed by atoms with Crippen LogP contribution >= 0.6 is 11.6 Å². The molecule has 1 aliphatic carbocycles. The van der Waals surface area contributed by atoms with E-state index < -0.39 is 12.0 Å². The first-order chi connectivity index (χ1) is 13.5. The summed E-state index contributed by atoms with van der Waals surface area (Å²) in [6.45, 7) is 0. The van der Waals surface area contributed by atoms with Crippen LogP contribution in [-0.4, -0.2) is 24.9 Å². The highest BCUT2D eigenvalue weighted by Crippen LogP contribution is 2.30. The highest BCUT2D eigenvalue weighted by molar-refractivity contribution is 6.31. The van der Waals surface area contributed by atoms with Crippen molar-refractivity contribution in [1.29, 1.82) is 0 Å². The van der Waals surface area contributed by atoms with Crippen LogP contribution in [0.15, 0.2) is 48.5 Å². The number of amides is 2. The van der Waals surface area contributed by atoms with Gasteiger partial charge in [0.1, 0.15) is 0 Å². The van der Waals surface area contributed by atoms with Crippen LogP contribution in [0, 0.1) is 5.92 Å². The molecule has 0 saturated heterocycles. The molecule has 0 aromatic heterocycles. The van der Waals surface area contributed by atoms with E-state index in [4.69, 9.17) is 16.3 Å². The van der Waals surface area contributed by atoms with E-state index in [-0.39, 0.29) is 24.2 Å². The van der Waals surface area contributed by atoms with Crippen molar-refractivity contribution in [2.75, 3.05) is 12.4 Å². The van der Waals surface area contributed by atoms with Crippen LogP contribution in [0.2, 0.25) is 5.02 Å². The van der Waals surface area contributed by atoms with E-state index in [0.29, 0.717) is 21.8 Å². The minimum absolute atomic E-state index is 0.00839. The van der Waals surface area contributed by atoms with E-state index in [1.54, 1.807) is 48.5 Å². The van der Waals surface area contributed by atoms with Crippen molar-refractivity contribution in [2.24, 2.45) is 5.92 Å². The van der Waals surface area contributed by atoms with Gasteiger partial charge < -0.3 is 15.4 Å². The molecule has 1 atom stereocenters. The summed E-state index contributed by atoms with van der Waals surface area (Å²) in [5.41, 5.74) is 1.69. The highest BCUT2D eigenvalue weighted by atomic mass is 35.5. The zero-order valence-electron chi connectivity index (χ0n) is 15.4. The Labute approximate surface area is 168 Å². The molecular weight excluding hydrogens is 380 g/mol. The third-order valence-corrected chi connectivity index (χ3v) is 4.89. The zero-order valence-corrected chi connectivity index (χ0v) is 16.2. The minimum Gasteiger partial charge on any atom is -0.469 e. The number of nitrogens with one attached hydrogen (secondary N) is 2. The van der Waals surface area contributed by atoms with Crippen LogP contribution in [-0.2, 0) is 14.3 Å². The fourth-order valence-electron chi connectivity index (χ4n) is 2.78. The van der Waals surface area contributed by atoms with Crippen molar-refractivity contribution in [2.45, 2.75) is 25.3 Å². The average Bonchev–Trinajstić information content (AvgIpc) is 3.53. The molecule has 1 fully saturated rings. The molecule has 2 aromatic rings. The maximum Gasteiger partial charge on any atom is 0.307 e. The summed E-state index contributed by atoms with van der Waals surface area (Å²) >= 11 is 6.23. The predicted octanol–water partition coefficient (Wildman–Crippen LogP) is 3.72. The third-order valence-electron chi connectivity index (χ3n) is 4.55.